The lowest BCUT2D eigenvalue weighted by Gasteiger charge is -2.10. The van der Waals surface area contributed by atoms with Crippen LogP contribution in [0.5, 0.6) is 11.5 Å². The molecule has 0 atom stereocenters. The Bertz CT molecular complexity index is 1140. The smallest absolute Gasteiger partial charge is 0.416 e. The number of benzene rings is 2. The molecule has 0 saturated heterocycles. The Hall–Kier alpha value is -4.08. The summed E-state index contributed by atoms with van der Waals surface area (Å²) in [6.07, 6.45) is -3.73. The van der Waals surface area contributed by atoms with Gasteiger partial charge in [-0.25, -0.2) is 4.79 Å². The van der Waals surface area contributed by atoms with Gasteiger partial charge in [0.25, 0.3) is 5.91 Å². The van der Waals surface area contributed by atoms with E-state index in [0.717, 1.165) is 17.7 Å². The van der Waals surface area contributed by atoms with E-state index in [1.54, 1.807) is 30.3 Å². The van der Waals surface area contributed by atoms with Gasteiger partial charge in [-0.05, 0) is 48.4 Å². The van der Waals surface area contributed by atoms with Crippen molar-refractivity contribution in [1.82, 2.24) is 15.6 Å². The zero-order chi connectivity index (χ0) is 23.8. The number of rotatable bonds is 8. The fourth-order valence-electron chi connectivity index (χ4n) is 2.94. The van der Waals surface area contributed by atoms with Gasteiger partial charge >= 0.3 is 12.3 Å². The van der Waals surface area contributed by atoms with Crippen LogP contribution in [0, 0.1) is 0 Å². The number of pyridine rings is 1. The summed E-state index contributed by atoms with van der Waals surface area (Å²) in [5, 5.41) is 13.5. The largest absolute Gasteiger partial charge is 0.465 e. The summed E-state index contributed by atoms with van der Waals surface area (Å²) in [5.74, 6) is 0.412. The minimum absolute atomic E-state index is 0.0398. The Labute approximate surface area is 187 Å². The third kappa shape index (κ3) is 7.23. The normalized spacial score (nSPS) is 11.0. The molecule has 3 rings (SSSR count). The lowest BCUT2D eigenvalue weighted by atomic mass is 10.1. The number of halogens is 3. The molecule has 3 aromatic rings. The van der Waals surface area contributed by atoms with Crippen molar-refractivity contribution in [2.75, 3.05) is 6.54 Å². The summed E-state index contributed by atoms with van der Waals surface area (Å²) < 4.78 is 44.3. The number of carboxylic acid groups (broad SMARTS) is 1. The number of alkyl halides is 3. The van der Waals surface area contributed by atoms with Crippen molar-refractivity contribution in [2.45, 2.75) is 19.1 Å². The van der Waals surface area contributed by atoms with Gasteiger partial charge in [0.15, 0.2) is 0 Å². The Morgan fingerprint density at radius 3 is 2.48 bits per heavy atom. The third-order valence-electron chi connectivity index (χ3n) is 4.49. The van der Waals surface area contributed by atoms with Gasteiger partial charge in [-0.15, -0.1) is 0 Å². The van der Waals surface area contributed by atoms with Gasteiger partial charge in [0, 0.05) is 24.4 Å². The Balaban J connectivity index is 1.56. The fourth-order valence-corrected chi connectivity index (χ4v) is 2.94. The van der Waals surface area contributed by atoms with Gasteiger partial charge in [0.05, 0.1) is 17.8 Å². The molecule has 0 fully saturated rings. The monoisotopic (exact) mass is 459 g/mol. The highest BCUT2D eigenvalue weighted by molar-refractivity contribution is 5.94. The zero-order valence-corrected chi connectivity index (χ0v) is 17.2. The first-order valence-electron chi connectivity index (χ1n) is 9.85. The van der Waals surface area contributed by atoms with Crippen LogP contribution in [-0.2, 0) is 19.1 Å². The minimum Gasteiger partial charge on any atom is -0.465 e. The van der Waals surface area contributed by atoms with Crippen LogP contribution in [0.4, 0.5) is 18.0 Å². The van der Waals surface area contributed by atoms with Crippen LogP contribution in [-0.4, -0.2) is 28.6 Å². The number of nitrogens with one attached hydrogen (secondary N) is 2. The molecule has 0 aliphatic carbocycles. The van der Waals surface area contributed by atoms with Gasteiger partial charge in [-0.2, -0.15) is 13.2 Å². The molecular weight excluding hydrogens is 439 g/mol. The van der Waals surface area contributed by atoms with Gasteiger partial charge in [-0.1, -0.05) is 18.2 Å². The fraction of sp³-hybridized carbons (Fsp3) is 0.174. The summed E-state index contributed by atoms with van der Waals surface area (Å²) in [5.41, 5.74) is 0.396. The predicted octanol–water partition coefficient (Wildman–Crippen LogP) is 4.63. The van der Waals surface area contributed by atoms with Crippen molar-refractivity contribution in [3.05, 3.63) is 89.2 Å². The second-order valence-corrected chi connectivity index (χ2v) is 6.98. The van der Waals surface area contributed by atoms with Gasteiger partial charge < -0.3 is 20.5 Å². The van der Waals surface area contributed by atoms with Gasteiger partial charge in [0.1, 0.15) is 11.5 Å². The van der Waals surface area contributed by atoms with E-state index in [9.17, 15) is 22.8 Å². The highest BCUT2D eigenvalue weighted by atomic mass is 19.4. The van der Waals surface area contributed by atoms with Gasteiger partial charge in [-0.3, -0.25) is 9.78 Å². The number of carbonyl (C=O) groups is 2. The number of hydrogen-bond acceptors (Lipinski definition) is 4. The zero-order valence-electron chi connectivity index (χ0n) is 17.2. The molecule has 0 bridgehead atoms. The number of amides is 2. The molecule has 0 aliphatic rings. The molecule has 0 radical (unpaired) electrons. The molecule has 2 amide bonds. The maximum atomic E-state index is 12.8. The molecule has 172 valence electrons. The Kier molecular flexibility index (Phi) is 7.50. The van der Waals surface area contributed by atoms with Crippen LogP contribution >= 0.6 is 0 Å². The van der Waals surface area contributed by atoms with E-state index in [2.05, 4.69) is 15.6 Å². The Morgan fingerprint density at radius 1 is 0.970 bits per heavy atom. The average molecular weight is 459 g/mol. The van der Waals surface area contributed by atoms with Crippen molar-refractivity contribution < 1.29 is 32.6 Å². The van der Waals surface area contributed by atoms with E-state index in [1.165, 1.54) is 18.3 Å². The number of nitrogens with zero attached hydrogens (tertiary/aromatic N) is 1. The molecule has 0 aliphatic heterocycles. The van der Waals surface area contributed by atoms with Gasteiger partial charge in [0.2, 0.25) is 0 Å². The molecule has 2 aromatic carbocycles. The maximum absolute atomic E-state index is 12.8. The Morgan fingerprint density at radius 2 is 1.73 bits per heavy atom. The predicted molar refractivity (Wildman–Crippen MR) is 113 cm³/mol. The van der Waals surface area contributed by atoms with E-state index >= 15 is 0 Å². The molecule has 0 saturated carbocycles. The second-order valence-electron chi connectivity index (χ2n) is 6.98. The summed E-state index contributed by atoms with van der Waals surface area (Å²) in [4.78, 5) is 26.9. The molecule has 10 heteroatoms. The van der Waals surface area contributed by atoms with E-state index in [0.29, 0.717) is 23.6 Å². The minimum atomic E-state index is -4.51. The molecule has 33 heavy (non-hydrogen) atoms. The SMILES string of the molecule is O=C(O)NCc1cc(Oc2cccc(CCNC(=O)c3cccc(C(F)(F)F)c3)c2)ccn1. The first-order valence-corrected chi connectivity index (χ1v) is 9.85. The molecule has 1 heterocycles. The van der Waals surface area contributed by atoms with E-state index in [-0.39, 0.29) is 18.7 Å². The average Bonchev–Trinajstić information content (AvgIpc) is 2.78. The quantitative estimate of drug-likeness (QED) is 0.456. The third-order valence-corrected chi connectivity index (χ3v) is 4.49. The molecule has 7 nitrogen and oxygen atoms in total. The highest BCUT2D eigenvalue weighted by Gasteiger charge is 2.30. The number of ether oxygens (including phenoxy) is 1. The van der Waals surface area contributed by atoms with Crippen molar-refractivity contribution >= 4 is 12.0 Å². The molecule has 0 unspecified atom stereocenters. The lowest BCUT2D eigenvalue weighted by molar-refractivity contribution is -0.137. The standard InChI is InChI=1S/C23H20F3N3O4/c24-23(25,26)17-5-2-4-16(12-17)21(30)28-9-7-15-3-1-6-19(11-15)33-20-8-10-27-18(13-20)14-29-22(31)32/h1-6,8,10-13,29H,7,9,14H2,(H,28,30)(H,31,32). The number of hydrogen-bond donors (Lipinski definition) is 3. The van der Waals surface area contributed by atoms with Crippen molar-refractivity contribution in [3.63, 3.8) is 0 Å². The molecular formula is C23H20F3N3O4. The van der Waals surface area contributed by atoms with Crippen LogP contribution in [0.2, 0.25) is 0 Å². The number of aromatic nitrogens is 1. The summed E-state index contributed by atoms with van der Waals surface area (Å²) in [7, 11) is 0. The first-order chi connectivity index (χ1) is 15.7. The summed E-state index contributed by atoms with van der Waals surface area (Å²) in [6, 6.07) is 14.6. The van der Waals surface area contributed by atoms with Crippen LogP contribution in [0.3, 0.4) is 0 Å². The summed E-state index contributed by atoms with van der Waals surface area (Å²) >= 11 is 0. The maximum Gasteiger partial charge on any atom is 0.416 e. The number of carbonyl (C=O) groups excluding carboxylic acids is 1. The van der Waals surface area contributed by atoms with Crippen molar-refractivity contribution in [3.8, 4) is 11.5 Å². The van der Waals surface area contributed by atoms with Crippen molar-refractivity contribution in [2.24, 2.45) is 0 Å². The van der Waals surface area contributed by atoms with E-state index in [1.807, 2.05) is 6.07 Å². The van der Waals surface area contributed by atoms with E-state index in [4.69, 9.17) is 9.84 Å². The second kappa shape index (κ2) is 10.5. The topological polar surface area (TPSA) is 101 Å². The van der Waals surface area contributed by atoms with Crippen LogP contribution in [0.1, 0.15) is 27.2 Å². The first kappa shape index (κ1) is 23.6. The molecule has 1 aromatic heterocycles. The molecule has 3 N–H and O–H groups in total. The molecule has 0 spiro atoms. The highest BCUT2D eigenvalue weighted by Crippen LogP contribution is 2.29. The lowest BCUT2D eigenvalue weighted by Crippen LogP contribution is -2.26. The summed E-state index contributed by atoms with van der Waals surface area (Å²) in [6.45, 7) is 0.261. The van der Waals surface area contributed by atoms with Crippen molar-refractivity contribution in [1.29, 1.82) is 0 Å². The van der Waals surface area contributed by atoms with E-state index < -0.39 is 23.7 Å². The van der Waals surface area contributed by atoms with Crippen LogP contribution < -0.4 is 15.4 Å². The van der Waals surface area contributed by atoms with Crippen LogP contribution in [0.15, 0.2) is 66.9 Å². The van der Waals surface area contributed by atoms with Crippen LogP contribution in [0.25, 0.3) is 0 Å².